The standard InChI is InChI=1S/C11H19NO3/c1-3-11(2,14)8-12-7-9(13)10-5-4-6-15-10/h4-6,9,12-14H,3,7-8H2,1-2H3. The molecule has 15 heavy (non-hydrogen) atoms. The van der Waals surface area contributed by atoms with Crippen LogP contribution in [0.4, 0.5) is 0 Å². The second-order valence-electron chi connectivity index (χ2n) is 4.01. The molecule has 0 radical (unpaired) electrons. The molecule has 0 fully saturated rings. The van der Waals surface area contributed by atoms with Gasteiger partial charge in [0, 0.05) is 13.1 Å². The molecule has 0 aliphatic heterocycles. The maximum absolute atomic E-state index is 9.70. The fraction of sp³-hybridized carbons (Fsp3) is 0.636. The highest BCUT2D eigenvalue weighted by Gasteiger charge is 2.18. The number of rotatable bonds is 6. The summed E-state index contributed by atoms with van der Waals surface area (Å²) in [5.41, 5.74) is -0.719. The van der Waals surface area contributed by atoms with Crippen LogP contribution in [0.25, 0.3) is 0 Å². The maximum atomic E-state index is 9.70. The van der Waals surface area contributed by atoms with Gasteiger partial charge < -0.3 is 19.9 Å². The molecule has 0 aliphatic rings. The second-order valence-corrected chi connectivity index (χ2v) is 4.01. The zero-order chi connectivity index (χ0) is 11.3. The topological polar surface area (TPSA) is 65.6 Å². The third-order valence-corrected chi connectivity index (χ3v) is 2.48. The van der Waals surface area contributed by atoms with E-state index >= 15 is 0 Å². The van der Waals surface area contributed by atoms with Crippen molar-refractivity contribution >= 4 is 0 Å². The van der Waals surface area contributed by atoms with Crippen LogP contribution in [0.1, 0.15) is 32.1 Å². The minimum Gasteiger partial charge on any atom is -0.467 e. The first-order chi connectivity index (χ1) is 7.05. The van der Waals surface area contributed by atoms with Gasteiger partial charge in [0.15, 0.2) is 0 Å². The Morgan fingerprint density at radius 1 is 1.60 bits per heavy atom. The number of nitrogens with one attached hydrogen (secondary N) is 1. The van der Waals surface area contributed by atoms with Crippen LogP contribution in [0, 0.1) is 0 Å². The van der Waals surface area contributed by atoms with Crippen molar-refractivity contribution in [2.24, 2.45) is 0 Å². The van der Waals surface area contributed by atoms with Crippen LogP contribution in [0.5, 0.6) is 0 Å². The number of aliphatic hydroxyl groups is 2. The van der Waals surface area contributed by atoms with Crippen molar-refractivity contribution in [3.8, 4) is 0 Å². The van der Waals surface area contributed by atoms with Gasteiger partial charge in [0.2, 0.25) is 0 Å². The SMILES string of the molecule is CCC(C)(O)CNCC(O)c1ccco1. The van der Waals surface area contributed by atoms with Gasteiger partial charge >= 0.3 is 0 Å². The van der Waals surface area contributed by atoms with Crippen molar-refractivity contribution in [2.45, 2.75) is 32.0 Å². The molecule has 1 rings (SSSR count). The monoisotopic (exact) mass is 213 g/mol. The normalized spacial score (nSPS) is 17.3. The Kier molecular flexibility index (Phi) is 4.32. The molecule has 1 aromatic rings. The van der Waals surface area contributed by atoms with Crippen molar-refractivity contribution in [3.05, 3.63) is 24.2 Å². The predicted octanol–water partition coefficient (Wildman–Crippen LogP) is 1.06. The van der Waals surface area contributed by atoms with Gasteiger partial charge in [-0.3, -0.25) is 0 Å². The van der Waals surface area contributed by atoms with Crippen LogP contribution in [0.3, 0.4) is 0 Å². The average Bonchev–Trinajstić information content (AvgIpc) is 2.70. The van der Waals surface area contributed by atoms with Crippen LogP contribution >= 0.6 is 0 Å². The molecule has 2 unspecified atom stereocenters. The van der Waals surface area contributed by atoms with Crippen LogP contribution in [-0.4, -0.2) is 28.9 Å². The van der Waals surface area contributed by atoms with Crippen molar-refractivity contribution in [2.75, 3.05) is 13.1 Å². The molecule has 86 valence electrons. The summed E-state index contributed by atoms with van der Waals surface area (Å²) in [6.07, 6.45) is 1.55. The summed E-state index contributed by atoms with van der Waals surface area (Å²) < 4.78 is 5.05. The van der Waals surface area contributed by atoms with Gasteiger partial charge in [0.25, 0.3) is 0 Å². The molecular weight excluding hydrogens is 194 g/mol. The molecule has 1 aromatic heterocycles. The van der Waals surface area contributed by atoms with E-state index in [1.165, 1.54) is 6.26 Å². The van der Waals surface area contributed by atoms with E-state index in [-0.39, 0.29) is 0 Å². The largest absolute Gasteiger partial charge is 0.467 e. The van der Waals surface area contributed by atoms with Crippen LogP contribution < -0.4 is 5.32 Å². The first-order valence-corrected chi connectivity index (χ1v) is 5.20. The van der Waals surface area contributed by atoms with Gasteiger partial charge in [-0.25, -0.2) is 0 Å². The number of aliphatic hydroxyl groups excluding tert-OH is 1. The molecule has 0 bridgehead atoms. The van der Waals surface area contributed by atoms with Gasteiger partial charge in [-0.1, -0.05) is 6.92 Å². The smallest absolute Gasteiger partial charge is 0.133 e. The highest BCUT2D eigenvalue weighted by atomic mass is 16.4. The zero-order valence-electron chi connectivity index (χ0n) is 9.23. The molecule has 1 heterocycles. The molecule has 0 saturated carbocycles. The van der Waals surface area contributed by atoms with Crippen LogP contribution in [0.15, 0.2) is 22.8 Å². The number of furan rings is 1. The van der Waals surface area contributed by atoms with Gasteiger partial charge in [-0.05, 0) is 25.5 Å². The third kappa shape index (κ3) is 4.03. The maximum Gasteiger partial charge on any atom is 0.133 e. The molecule has 0 saturated heterocycles. The minimum absolute atomic E-state index is 0.379. The summed E-state index contributed by atoms with van der Waals surface area (Å²) in [6.45, 7) is 4.52. The number of hydrogen-bond donors (Lipinski definition) is 3. The number of hydrogen-bond acceptors (Lipinski definition) is 4. The molecule has 3 N–H and O–H groups in total. The zero-order valence-corrected chi connectivity index (χ0v) is 9.23. The van der Waals surface area contributed by atoms with Crippen molar-refractivity contribution in [3.63, 3.8) is 0 Å². The summed E-state index contributed by atoms with van der Waals surface area (Å²) in [6, 6.07) is 3.46. The predicted molar refractivity (Wildman–Crippen MR) is 57.5 cm³/mol. The Morgan fingerprint density at radius 2 is 2.33 bits per heavy atom. The Bertz CT molecular complexity index is 269. The summed E-state index contributed by atoms with van der Waals surface area (Å²) in [7, 11) is 0. The Balaban J connectivity index is 2.26. The average molecular weight is 213 g/mol. The molecule has 4 heteroatoms. The highest BCUT2D eigenvalue weighted by Crippen LogP contribution is 2.12. The Morgan fingerprint density at radius 3 is 2.87 bits per heavy atom. The third-order valence-electron chi connectivity index (χ3n) is 2.48. The molecule has 4 nitrogen and oxygen atoms in total. The van der Waals surface area contributed by atoms with Gasteiger partial charge in [-0.2, -0.15) is 0 Å². The van der Waals surface area contributed by atoms with E-state index < -0.39 is 11.7 Å². The molecule has 2 atom stereocenters. The van der Waals surface area contributed by atoms with Gasteiger partial charge in [0.1, 0.15) is 11.9 Å². The molecule has 0 amide bonds. The quantitative estimate of drug-likeness (QED) is 0.661. The van der Waals surface area contributed by atoms with E-state index in [1.807, 2.05) is 6.92 Å². The summed E-state index contributed by atoms with van der Waals surface area (Å²) in [4.78, 5) is 0. The fourth-order valence-electron chi connectivity index (χ4n) is 1.18. The lowest BCUT2D eigenvalue weighted by Gasteiger charge is -2.22. The Labute approximate surface area is 89.9 Å². The van der Waals surface area contributed by atoms with E-state index in [0.717, 1.165) is 0 Å². The summed E-state index contributed by atoms with van der Waals surface area (Å²) >= 11 is 0. The molecule has 0 aromatic carbocycles. The van der Waals surface area contributed by atoms with Crippen molar-refractivity contribution in [1.82, 2.24) is 5.32 Å². The fourth-order valence-corrected chi connectivity index (χ4v) is 1.18. The lowest BCUT2D eigenvalue weighted by atomic mass is 10.0. The molecule has 0 spiro atoms. The second kappa shape index (κ2) is 5.30. The van der Waals surface area contributed by atoms with E-state index in [9.17, 15) is 10.2 Å². The van der Waals surface area contributed by atoms with Crippen molar-refractivity contribution in [1.29, 1.82) is 0 Å². The van der Waals surface area contributed by atoms with E-state index in [4.69, 9.17) is 4.42 Å². The van der Waals surface area contributed by atoms with E-state index in [0.29, 0.717) is 25.3 Å². The van der Waals surface area contributed by atoms with Gasteiger partial charge in [0.05, 0.1) is 11.9 Å². The molecule has 0 aliphatic carbocycles. The lowest BCUT2D eigenvalue weighted by Crippen LogP contribution is -2.38. The van der Waals surface area contributed by atoms with E-state index in [2.05, 4.69) is 5.32 Å². The summed E-state index contributed by atoms with van der Waals surface area (Å²) in [5.74, 6) is 0.540. The lowest BCUT2D eigenvalue weighted by molar-refractivity contribution is 0.0503. The first-order valence-electron chi connectivity index (χ1n) is 5.20. The van der Waals surface area contributed by atoms with Gasteiger partial charge in [-0.15, -0.1) is 0 Å². The Hall–Kier alpha value is -0.840. The van der Waals surface area contributed by atoms with Crippen LogP contribution in [-0.2, 0) is 0 Å². The van der Waals surface area contributed by atoms with Crippen LogP contribution in [0.2, 0.25) is 0 Å². The minimum atomic E-state index is -0.719. The first kappa shape index (κ1) is 12.2. The van der Waals surface area contributed by atoms with Crippen molar-refractivity contribution < 1.29 is 14.6 Å². The van der Waals surface area contributed by atoms with E-state index in [1.54, 1.807) is 19.1 Å². The highest BCUT2D eigenvalue weighted by molar-refractivity contribution is 5.02. The summed E-state index contributed by atoms with van der Waals surface area (Å²) in [5, 5.41) is 22.3. The molecular formula is C11H19NO3.